The average Bonchev–Trinajstić information content (AvgIpc) is 3.15. The topological polar surface area (TPSA) is 63.4 Å². The fraction of sp³-hybridized carbons (Fsp3) is 0.167. The lowest BCUT2D eigenvalue weighted by Crippen LogP contribution is -2.34. The fourth-order valence-corrected chi connectivity index (χ4v) is 4.41. The van der Waals surface area contributed by atoms with Gasteiger partial charge in [-0.1, -0.05) is 58.4 Å². The Morgan fingerprint density at radius 3 is 2.48 bits per heavy atom. The molecule has 1 aliphatic rings. The molecule has 29 heavy (non-hydrogen) atoms. The van der Waals surface area contributed by atoms with Crippen LogP contribution in [0.4, 0.5) is 0 Å². The highest BCUT2D eigenvalue weighted by atomic mass is 79.9. The standard InChI is InChI=1S/C24H21BrN2O2/c25-19-12-10-16-11-13-22(21(16)14-19)27(24(29)17-6-2-1-3-7-17)15-18-8-4-5-9-20(18)23(26)28/h1-10,12,14,22H,11,13,15H2,(H2,26,28)/t22-/m1/s1. The van der Waals surface area contributed by atoms with E-state index in [1.807, 2.05) is 53.4 Å². The summed E-state index contributed by atoms with van der Waals surface area (Å²) in [5.41, 5.74) is 9.83. The van der Waals surface area contributed by atoms with Crippen LogP contribution in [0.25, 0.3) is 0 Å². The van der Waals surface area contributed by atoms with Gasteiger partial charge >= 0.3 is 0 Å². The van der Waals surface area contributed by atoms with Crippen LogP contribution in [0.5, 0.6) is 0 Å². The van der Waals surface area contributed by atoms with Crippen LogP contribution in [0, 0.1) is 0 Å². The maximum absolute atomic E-state index is 13.5. The molecule has 0 aliphatic heterocycles. The highest BCUT2D eigenvalue weighted by molar-refractivity contribution is 9.10. The number of benzene rings is 3. The number of nitrogens with two attached hydrogens (primary N) is 1. The number of fused-ring (bicyclic) bond motifs is 1. The van der Waals surface area contributed by atoms with Crippen LogP contribution in [-0.2, 0) is 13.0 Å². The molecule has 0 aromatic heterocycles. The van der Waals surface area contributed by atoms with Gasteiger partial charge in [0.25, 0.3) is 5.91 Å². The zero-order valence-corrected chi connectivity index (χ0v) is 17.4. The van der Waals surface area contributed by atoms with Crippen molar-refractivity contribution in [3.8, 4) is 0 Å². The normalized spacial score (nSPS) is 15.0. The lowest BCUT2D eigenvalue weighted by Gasteiger charge is -2.31. The number of aryl methyl sites for hydroxylation is 1. The molecule has 0 saturated carbocycles. The summed E-state index contributed by atoms with van der Waals surface area (Å²) >= 11 is 3.56. The summed E-state index contributed by atoms with van der Waals surface area (Å²) < 4.78 is 0.993. The molecule has 4 rings (SSSR count). The van der Waals surface area contributed by atoms with Gasteiger partial charge in [0, 0.05) is 22.1 Å². The van der Waals surface area contributed by atoms with Gasteiger partial charge in [-0.25, -0.2) is 0 Å². The van der Waals surface area contributed by atoms with E-state index in [1.165, 1.54) is 5.56 Å². The number of carbonyl (C=O) groups excluding carboxylic acids is 2. The number of hydrogen-bond donors (Lipinski definition) is 1. The fourth-order valence-electron chi connectivity index (χ4n) is 4.03. The van der Waals surface area contributed by atoms with E-state index in [4.69, 9.17) is 5.73 Å². The van der Waals surface area contributed by atoms with Gasteiger partial charge in [-0.15, -0.1) is 0 Å². The SMILES string of the molecule is NC(=O)c1ccccc1CN(C(=O)c1ccccc1)[C@@H]1CCc2ccc(Br)cc21. The minimum absolute atomic E-state index is 0.0531. The Morgan fingerprint density at radius 2 is 1.72 bits per heavy atom. The average molecular weight is 449 g/mol. The Hall–Kier alpha value is -2.92. The molecule has 3 aromatic rings. The van der Waals surface area contributed by atoms with E-state index in [2.05, 4.69) is 28.1 Å². The molecule has 0 spiro atoms. The second-order valence-electron chi connectivity index (χ2n) is 7.22. The highest BCUT2D eigenvalue weighted by Gasteiger charge is 2.32. The van der Waals surface area contributed by atoms with Gasteiger partial charge in [-0.2, -0.15) is 0 Å². The minimum atomic E-state index is -0.484. The zero-order valence-electron chi connectivity index (χ0n) is 15.8. The van der Waals surface area contributed by atoms with Crippen molar-refractivity contribution in [2.75, 3.05) is 0 Å². The van der Waals surface area contributed by atoms with Crippen molar-refractivity contribution in [2.24, 2.45) is 5.73 Å². The van der Waals surface area contributed by atoms with Gasteiger partial charge in [0.1, 0.15) is 0 Å². The van der Waals surface area contributed by atoms with Crippen molar-refractivity contribution >= 4 is 27.7 Å². The van der Waals surface area contributed by atoms with Gasteiger partial charge in [0.2, 0.25) is 5.91 Å². The van der Waals surface area contributed by atoms with Crippen LogP contribution in [-0.4, -0.2) is 16.7 Å². The first-order valence-electron chi connectivity index (χ1n) is 9.56. The molecule has 0 saturated heterocycles. The molecule has 5 heteroatoms. The molecule has 0 bridgehead atoms. The second kappa shape index (κ2) is 8.21. The maximum Gasteiger partial charge on any atom is 0.254 e. The van der Waals surface area contributed by atoms with E-state index in [9.17, 15) is 9.59 Å². The van der Waals surface area contributed by atoms with Crippen LogP contribution in [0.15, 0.2) is 77.3 Å². The van der Waals surface area contributed by atoms with Crippen LogP contribution < -0.4 is 5.73 Å². The molecular formula is C24H21BrN2O2. The molecule has 2 amide bonds. The third-order valence-corrected chi connectivity index (χ3v) is 5.93. The van der Waals surface area contributed by atoms with Crippen LogP contribution in [0.1, 0.15) is 49.9 Å². The molecule has 0 radical (unpaired) electrons. The van der Waals surface area contributed by atoms with Crippen LogP contribution in [0.2, 0.25) is 0 Å². The highest BCUT2D eigenvalue weighted by Crippen LogP contribution is 2.39. The first-order chi connectivity index (χ1) is 14.0. The predicted molar refractivity (Wildman–Crippen MR) is 116 cm³/mol. The first-order valence-corrected chi connectivity index (χ1v) is 10.4. The van der Waals surface area contributed by atoms with Crippen molar-refractivity contribution in [3.05, 3.63) is 105 Å². The quantitative estimate of drug-likeness (QED) is 0.604. The molecule has 0 heterocycles. The van der Waals surface area contributed by atoms with Crippen molar-refractivity contribution in [1.82, 2.24) is 4.90 Å². The van der Waals surface area contributed by atoms with E-state index in [-0.39, 0.29) is 11.9 Å². The van der Waals surface area contributed by atoms with E-state index in [0.717, 1.165) is 28.4 Å². The molecule has 0 unspecified atom stereocenters. The molecule has 2 N–H and O–H groups in total. The summed E-state index contributed by atoms with van der Waals surface area (Å²) in [4.78, 5) is 27.3. The molecule has 4 nitrogen and oxygen atoms in total. The van der Waals surface area contributed by atoms with E-state index >= 15 is 0 Å². The summed E-state index contributed by atoms with van der Waals surface area (Å²) in [6.07, 6.45) is 1.77. The van der Waals surface area contributed by atoms with Gasteiger partial charge in [0.05, 0.1) is 6.04 Å². The largest absolute Gasteiger partial charge is 0.366 e. The third kappa shape index (κ3) is 3.96. The van der Waals surface area contributed by atoms with Crippen molar-refractivity contribution in [2.45, 2.75) is 25.4 Å². The van der Waals surface area contributed by atoms with E-state index in [1.54, 1.807) is 12.1 Å². The summed E-state index contributed by atoms with van der Waals surface area (Å²) in [6, 6.07) is 22.7. The second-order valence-corrected chi connectivity index (χ2v) is 8.13. The first kappa shape index (κ1) is 19.4. The summed E-state index contributed by atoms with van der Waals surface area (Å²) in [5, 5.41) is 0. The van der Waals surface area contributed by atoms with Gasteiger partial charge in [-0.05, 0) is 59.9 Å². The Kier molecular flexibility index (Phi) is 5.49. The molecule has 146 valence electrons. The summed E-state index contributed by atoms with van der Waals surface area (Å²) in [7, 11) is 0. The minimum Gasteiger partial charge on any atom is -0.366 e. The lowest BCUT2D eigenvalue weighted by molar-refractivity contribution is 0.0656. The van der Waals surface area contributed by atoms with Crippen molar-refractivity contribution < 1.29 is 9.59 Å². The number of halogens is 1. The van der Waals surface area contributed by atoms with Crippen LogP contribution in [0.3, 0.4) is 0 Å². The Balaban J connectivity index is 1.77. The lowest BCUT2D eigenvalue weighted by atomic mass is 10.0. The molecule has 1 aliphatic carbocycles. The van der Waals surface area contributed by atoms with Crippen molar-refractivity contribution in [1.29, 1.82) is 0 Å². The maximum atomic E-state index is 13.5. The summed E-state index contributed by atoms with van der Waals surface area (Å²) in [6.45, 7) is 0.323. The molecule has 3 aromatic carbocycles. The number of carbonyl (C=O) groups is 2. The zero-order chi connectivity index (χ0) is 20.4. The van der Waals surface area contributed by atoms with E-state index in [0.29, 0.717) is 17.7 Å². The monoisotopic (exact) mass is 448 g/mol. The third-order valence-electron chi connectivity index (χ3n) is 5.44. The molecule has 0 fully saturated rings. The smallest absolute Gasteiger partial charge is 0.254 e. The Labute approximate surface area is 178 Å². The van der Waals surface area contributed by atoms with Gasteiger partial charge < -0.3 is 10.6 Å². The Bertz CT molecular complexity index is 1070. The summed E-state index contributed by atoms with van der Waals surface area (Å²) in [5.74, 6) is -0.537. The number of primary amides is 1. The number of hydrogen-bond acceptors (Lipinski definition) is 2. The van der Waals surface area contributed by atoms with Gasteiger partial charge in [-0.3, -0.25) is 9.59 Å². The molecular weight excluding hydrogens is 428 g/mol. The van der Waals surface area contributed by atoms with Crippen LogP contribution >= 0.6 is 15.9 Å². The molecule has 1 atom stereocenters. The number of amides is 2. The number of rotatable bonds is 5. The van der Waals surface area contributed by atoms with Gasteiger partial charge in [0.15, 0.2) is 0 Å². The Morgan fingerprint density at radius 1 is 1.00 bits per heavy atom. The van der Waals surface area contributed by atoms with Crippen molar-refractivity contribution in [3.63, 3.8) is 0 Å². The van der Waals surface area contributed by atoms with E-state index < -0.39 is 5.91 Å². The number of nitrogens with zero attached hydrogens (tertiary/aromatic N) is 1. The predicted octanol–water partition coefficient (Wildman–Crippen LogP) is 4.88.